The van der Waals surface area contributed by atoms with E-state index in [4.69, 9.17) is 5.11 Å². The summed E-state index contributed by atoms with van der Waals surface area (Å²) in [6.07, 6.45) is 7.69. The van der Waals surface area contributed by atoms with Gasteiger partial charge in [-0.25, -0.2) is 0 Å². The number of carboxylic acid groups (broad SMARTS) is 1. The average molecular weight is 197 g/mol. The summed E-state index contributed by atoms with van der Waals surface area (Å²) >= 11 is 0. The number of fused-ring (bicyclic) bond motifs is 1. The van der Waals surface area contributed by atoms with Crippen LogP contribution in [-0.2, 0) is 4.79 Å². The summed E-state index contributed by atoms with van der Waals surface area (Å²) in [6, 6.07) is 0.577. The lowest BCUT2D eigenvalue weighted by molar-refractivity contribution is -0.140. The van der Waals surface area contributed by atoms with Crippen LogP contribution in [0.2, 0.25) is 0 Å². The molecular weight excluding hydrogens is 178 g/mol. The molecule has 0 aromatic rings. The third-order valence-corrected chi connectivity index (χ3v) is 3.70. The molecule has 2 atom stereocenters. The molecule has 0 aromatic carbocycles. The van der Waals surface area contributed by atoms with Gasteiger partial charge >= 0.3 is 5.97 Å². The quantitative estimate of drug-likeness (QED) is 0.733. The third-order valence-electron chi connectivity index (χ3n) is 3.70. The summed E-state index contributed by atoms with van der Waals surface area (Å²) in [5.41, 5.74) is 0. The first-order valence-corrected chi connectivity index (χ1v) is 5.73. The van der Waals surface area contributed by atoms with E-state index in [9.17, 15) is 4.79 Å². The largest absolute Gasteiger partial charge is 0.480 e. The summed E-state index contributed by atoms with van der Waals surface area (Å²) in [6.45, 7) is 1.24. The maximum Gasteiger partial charge on any atom is 0.317 e. The fraction of sp³-hybridized carbons (Fsp3) is 0.909. The van der Waals surface area contributed by atoms with Crippen LogP contribution in [0.25, 0.3) is 0 Å². The summed E-state index contributed by atoms with van der Waals surface area (Å²) in [5.74, 6) is 0.119. The predicted molar refractivity (Wildman–Crippen MR) is 54.2 cm³/mol. The Morgan fingerprint density at radius 1 is 1.21 bits per heavy atom. The lowest BCUT2D eigenvalue weighted by Gasteiger charge is -2.43. The number of likely N-dealkylation sites (tertiary alicyclic amines) is 1. The van der Waals surface area contributed by atoms with E-state index in [2.05, 4.69) is 4.90 Å². The van der Waals surface area contributed by atoms with Gasteiger partial charge in [0.25, 0.3) is 0 Å². The zero-order valence-corrected chi connectivity index (χ0v) is 8.61. The highest BCUT2D eigenvalue weighted by molar-refractivity contribution is 5.69. The molecule has 1 aliphatic carbocycles. The first kappa shape index (κ1) is 9.97. The minimum atomic E-state index is -0.670. The molecule has 3 nitrogen and oxygen atoms in total. The van der Waals surface area contributed by atoms with Crippen molar-refractivity contribution in [1.29, 1.82) is 0 Å². The molecule has 0 unspecified atom stereocenters. The van der Waals surface area contributed by atoms with Crippen LogP contribution < -0.4 is 0 Å². The molecule has 14 heavy (non-hydrogen) atoms. The number of hydrogen-bond acceptors (Lipinski definition) is 2. The van der Waals surface area contributed by atoms with E-state index >= 15 is 0 Å². The molecule has 1 saturated carbocycles. The maximum atomic E-state index is 10.7. The first-order chi connectivity index (χ1) is 6.77. The van der Waals surface area contributed by atoms with Crippen molar-refractivity contribution in [2.24, 2.45) is 5.92 Å². The second-order valence-electron chi connectivity index (χ2n) is 4.62. The number of rotatable bonds is 2. The molecule has 0 radical (unpaired) electrons. The van der Waals surface area contributed by atoms with Gasteiger partial charge in [-0.2, -0.15) is 0 Å². The van der Waals surface area contributed by atoms with Crippen molar-refractivity contribution in [2.45, 2.75) is 44.6 Å². The summed E-state index contributed by atoms with van der Waals surface area (Å²) < 4.78 is 0. The number of aliphatic carboxylic acids is 1. The van der Waals surface area contributed by atoms with Gasteiger partial charge in [0, 0.05) is 6.04 Å². The van der Waals surface area contributed by atoms with Crippen molar-refractivity contribution in [1.82, 2.24) is 4.90 Å². The lowest BCUT2D eigenvalue weighted by atomic mass is 9.78. The van der Waals surface area contributed by atoms with Crippen LogP contribution in [0.4, 0.5) is 0 Å². The smallest absolute Gasteiger partial charge is 0.317 e. The van der Waals surface area contributed by atoms with E-state index in [0.717, 1.165) is 12.5 Å². The molecule has 1 N–H and O–H groups in total. The van der Waals surface area contributed by atoms with Crippen molar-refractivity contribution in [3.8, 4) is 0 Å². The molecule has 1 aliphatic heterocycles. The van der Waals surface area contributed by atoms with E-state index in [1.165, 1.54) is 38.5 Å². The Labute approximate surface area is 85.1 Å². The highest BCUT2D eigenvalue weighted by Gasteiger charge is 2.33. The van der Waals surface area contributed by atoms with Crippen molar-refractivity contribution < 1.29 is 9.90 Å². The van der Waals surface area contributed by atoms with E-state index in [0.29, 0.717) is 6.04 Å². The molecule has 1 saturated heterocycles. The van der Waals surface area contributed by atoms with Gasteiger partial charge in [-0.1, -0.05) is 12.8 Å². The van der Waals surface area contributed by atoms with Gasteiger partial charge in [0.05, 0.1) is 6.54 Å². The molecule has 0 amide bonds. The summed E-state index contributed by atoms with van der Waals surface area (Å²) in [7, 11) is 0. The second kappa shape index (κ2) is 4.30. The Balaban J connectivity index is 1.97. The molecule has 1 heterocycles. The van der Waals surface area contributed by atoms with Crippen molar-refractivity contribution in [3.63, 3.8) is 0 Å². The van der Waals surface area contributed by atoms with E-state index in [-0.39, 0.29) is 6.54 Å². The van der Waals surface area contributed by atoms with Crippen LogP contribution in [0.3, 0.4) is 0 Å². The summed E-state index contributed by atoms with van der Waals surface area (Å²) in [5, 5.41) is 8.81. The standard InChI is InChI=1S/C11H19NO2/c13-11(14)8-12-7-3-5-9-4-1-2-6-10(9)12/h9-10H,1-8H2,(H,13,14)/t9-,10-/m1/s1. The van der Waals surface area contributed by atoms with Crippen LogP contribution in [0.5, 0.6) is 0 Å². The molecular formula is C11H19NO2. The molecule has 2 fully saturated rings. The number of piperidine rings is 1. The van der Waals surface area contributed by atoms with Gasteiger partial charge in [-0.05, 0) is 38.1 Å². The Hall–Kier alpha value is -0.570. The van der Waals surface area contributed by atoms with Crippen LogP contribution in [0, 0.1) is 5.92 Å². The number of hydrogen-bond donors (Lipinski definition) is 1. The first-order valence-electron chi connectivity index (χ1n) is 5.73. The highest BCUT2D eigenvalue weighted by atomic mass is 16.4. The molecule has 3 heteroatoms. The SMILES string of the molecule is O=C(O)CN1CCC[C@H]2CCCC[C@H]21. The van der Waals surface area contributed by atoms with Gasteiger partial charge < -0.3 is 5.11 Å². The van der Waals surface area contributed by atoms with Gasteiger partial charge in [-0.3, -0.25) is 9.69 Å². The fourth-order valence-corrected chi connectivity index (χ4v) is 3.10. The fourth-order valence-electron chi connectivity index (χ4n) is 3.10. The third kappa shape index (κ3) is 2.08. The van der Waals surface area contributed by atoms with Gasteiger partial charge in [0.15, 0.2) is 0 Å². The van der Waals surface area contributed by atoms with Gasteiger partial charge in [0.1, 0.15) is 0 Å². The summed E-state index contributed by atoms with van der Waals surface area (Å²) in [4.78, 5) is 12.9. The Morgan fingerprint density at radius 3 is 2.71 bits per heavy atom. The van der Waals surface area contributed by atoms with Crippen LogP contribution in [0.15, 0.2) is 0 Å². The van der Waals surface area contributed by atoms with Crippen LogP contribution in [0.1, 0.15) is 38.5 Å². The van der Waals surface area contributed by atoms with E-state index < -0.39 is 5.97 Å². The second-order valence-corrected chi connectivity index (χ2v) is 4.62. The molecule has 2 aliphatic rings. The number of carbonyl (C=O) groups is 1. The highest BCUT2D eigenvalue weighted by Crippen LogP contribution is 2.34. The molecule has 0 bridgehead atoms. The molecule has 80 valence electrons. The van der Waals surface area contributed by atoms with Crippen molar-refractivity contribution in [2.75, 3.05) is 13.1 Å². The van der Waals surface area contributed by atoms with Crippen molar-refractivity contribution in [3.05, 3.63) is 0 Å². The zero-order valence-electron chi connectivity index (χ0n) is 8.61. The predicted octanol–water partition coefficient (Wildman–Crippen LogP) is 1.73. The topological polar surface area (TPSA) is 40.5 Å². The minimum Gasteiger partial charge on any atom is -0.480 e. The van der Waals surface area contributed by atoms with Crippen LogP contribution >= 0.6 is 0 Å². The van der Waals surface area contributed by atoms with E-state index in [1.807, 2.05) is 0 Å². The Kier molecular flexibility index (Phi) is 3.06. The van der Waals surface area contributed by atoms with Gasteiger partial charge in [-0.15, -0.1) is 0 Å². The van der Waals surface area contributed by atoms with E-state index in [1.54, 1.807) is 0 Å². The van der Waals surface area contributed by atoms with Gasteiger partial charge in [0.2, 0.25) is 0 Å². The number of nitrogens with zero attached hydrogens (tertiary/aromatic N) is 1. The molecule has 0 spiro atoms. The molecule has 2 rings (SSSR count). The normalized spacial score (nSPS) is 33.7. The Bertz CT molecular complexity index is 215. The average Bonchev–Trinajstić information content (AvgIpc) is 2.18. The maximum absolute atomic E-state index is 10.7. The number of carboxylic acids is 1. The van der Waals surface area contributed by atoms with Crippen molar-refractivity contribution >= 4 is 5.97 Å². The Morgan fingerprint density at radius 2 is 1.93 bits per heavy atom. The van der Waals surface area contributed by atoms with Crippen LogP contribution in [-0.4, -0.2) is 35.1 Å². The monoisotopic (exact) mass is 197 g/mol. The zero-order chi connectivity index (χ0) is 9.97. The lowest BCUT2D eigenvalue weighted by Crippen LogP contribution is -2.48. The minimum absolute atomic E-state index is 0.251. The molecule has 0 aromatic heterocycles.